The second-order valence-corrected chi connectivity index (χ2v) is 7.94. The van der Waals surface area contributed by atoms with Gasteiger partial charge in [0.2, 0.25) is 0 Å². The van der Waals surface area contributed by atoms with Gasteiger partial charge in [-0.15, -0.1) is 0 Å². The maximum atomic E-state index is 13.0. The van der Waals surface area contributed by atoms with Gasteiger partial charge in [0.25, 0.3) is 17.5 Å². The Balaban J connectivity index is 1.93. The van der Waals surface area contributed by atoms with Crippen molar-refractivity contribution in [3.05, 3.63) is 103 Å². The number of carbonyl (C=O) groups excluding carboxylic acids is 2. The molecule has 0 fully saturated rings. The van der Waals surface area contributed by atoms with Crippen LogP contribution in [-0.2, 0) is 4.79 Å². The summed E-state index contributed by atoms with van der Waals surface area (Å²) in [7, 11) is 1.47. The Labute approximate surface area is 205 Å². The molecule has 0 bridgehead atoms. The lowest BCUT2D eigenvalue weighted by Crippen LogP contribution is -2.31. The number of non-ortho nitro benzene ring substituents is 1. The summed E-state index contributed by atoms with van der Waals surface area (Å²) in [5.41, 5.74) is 1.63. The second-order valence-electron chi connectivity index (χ2n) is 7.12. The van der Waals surface area contributed by atoms with Gasteiger partial charge in [0.05, 0.1) is 22.6 Å². The predicted molar refractivity (Wildman–Crippen MR) is 131 cm³/mol. The number of ether oxygens (including phenoxy) is 1. The summed E-state index contributed by atoms with van der Waals surface area (Å²) < 4.78 is 5.09. The highest BCUT2D eigenvalue weighted by atomic mass is 35.5. The third-order valence-corrected chi connectivity index (χ3v) is 5.48. The zero-order chi connectivity index (χ0) is 24.8. The molecule has 10 heteroatoms. The van der Waals surface area contributed by atoms with Crippen LogP contribution < -0.4 is 15.4 Å². The summed E-state index contributed by atoms with van der Waals surface area (Å²) in [6.07, 6.45) is 1.39. The van der Waals surface area contributed by atoms with E-state index in [2.05, 4.69) is 10.6 Å². The number of amides is 2. The van der Waals surface area contributed by atoms with Crippen molar-refractivity contribution in [3.63, 3.8) is 0 Å². The first-order valence-electron chi connectivity index (χ1n) is 9.86. The van der Waals surface area contributed by atoms with E-state index in [1.165, 1.54) is 49.6 Å². The maximum Gasteiger partial charge on any atom is 0.272 e. The first-order chi connectivity index (χ1) is 16.2. The van der Waals surface area contributed by atoms with Crippen LogP contribution in [0.4, 0.5) is 11.4 Å². The molecule has 0 unspecified atom stereocenters. The monoisotopic (exact) mass is 499 g/mol. The summed E-state index contributed by atoms with van der Waals surface area (Å²) in [6.45, 7) is 1.83. The lowest BCUT2D eigenvalue weighted by Gasteiger charge is -2.13. The van der Waals surface area contributed by atoms with E-state index in [0.29, 0.717) is 22.0 Å². The molecule has 0 heterocycles. The molecule has 8 nitrogen and oxygen atoms in total. The molecule has 174 valence electrons. The first kappa shape index (κ1) is 24.8. The van der Waals surface area contributed by atoms with Gasteiger partial charge >= 0.3 is 0 Å². The average Bonchev–Trinajstić information content (AvgIpc) is 2.81. The van der Waals surface area contributed by atoms with Gasteiger partial charge in [-0.25, -0.2) is 0 Å². The summed E-state index contributed by atoms with van der Waals surface area (Å²) in [6, 6.07) is 15.0. The number of nitrogens with zero attached hydrogens (tertiary/aromatic N) is 1. The van der Waals surface area contributed by atoms with Crippen molar-refractivity contribution < 1.29 is 19.2 Å². The maximum absolute atomic E-state index is 13.0. The number of nitro benzene ring substituents is 1. The van der Waals surface area contributed by atoms with Crippen molar-refractivity contribution in [1.82, 2.24) is 5.32 Å². The van der Waals surface area contributed by atoms with Crippen molar-refractivity contribution in [2.24, 2.45) is 0 Å². The van der Waals surface area contributed by atoms with E-state index in [4.69, 9.17) is 27.9 Å². The number of nitrogens with one attached hydrogen (secondary N) is 2. The van der Waals surface area contributed by atoms with Crippen LogP contribution in [0.2, 0.25) is 10.0 Å². The molecular formula is C24H19Cl2N3O5. The fourth-order valence-corrected chi connectivity index (χ4v) is 3.32. The molecule has 0 aromatic heterocycles. The molecule has 0 saturated heterocycles. The van der Waals surface area contributed by atoms with E-state index >= 15 is 0 Å². The fraction of sp³-hybridized carbons (Fsp3) is 0.0833. The van der Waals surface area contributed by atoms with Gasteiger partial charge in [-0.1, -0.05) is 29.3 Å². The van der Waals surface area contributed by atoms with Gasteiger partial charge in [-0.3, -0.25) is 19.7 Å². The minimum Gasteiger partial charge on any atom is -0.497 e. The quantitative estimate of drug-likeness (QED) is 0.248. The van der Waals surface area contributed by atoms with Crippen LogP contribution >= 0.6 is 23.2 Å². The third-order valence-electron chi connectivity index (χ3n) is 4.76. The molecule has 34 heavy (non-hydrogen) atoms. The van der Waals surface area contributed by atoms with E-state index in [-0.39, 0.29) is 22.0 Å². The van der Waals surface area contributed by atoms with Crippen molar-refractivity contribution in [2.45, 2.75) is 6.92 Å². The molecular weight excluding hydrogens is 481 g/mol. The standard InChI is InChI=1S/C24H19Cl2N3O5/c1-14-3-6-16(12-20(14)25)27-24(31)22(11-15-4-7-17(8-5-15)29(32)33)28-23(30)19-10-9-18(34-2)13-21(19)26/h3-13H,1-2H3,(H,27,31)(H,28,30). The fourth-order valence-electron chi connectivity index (χ4n) is 2.88. The molecule has 0 radical (unpaired) electrons. The Kier molecular flexibility index (Phi) is 7.88. The molecule has 0 aliphatic carbocycles. The van der Waals surface area contributed by atoms with Crippen molar-refractivity contribution in [1.29, 1.82) is 0 Å². The van der Waals surface area contributed by atoms with E-state index in [1.807, 2.05) is 6.92 Å². The van der Waals surface area contributed by atoms with E-state index in [1.54, 1.807) is 24.3 Å². The second kappa shape index (κ2) is 10.8. The molecule has 3 aromatic rings. The Morgan fingerprint density at radius 3 is 2.29 bits per heavy atom. The third kappa shape index (κ3) is 6.12. The van der Waals surface area contributed by atoms with Gasteiger partial charge in [0.1, 0.15) is 11.4 Å². The lowest BCUT2D eigenvalue weighted by molar-refractivity contribution is -0.384. The molecule has 2 amide bonds. The SMILES string of the molecule is COc1ccc(C(=O)NC(=Cc2ccc([N+](=O)[O-])cc2)C(=O)Nc2ccc(C)c(Cl)c2)c(Cl)c1. The molecule has 3 aromatic carbocycles. The van der Waals surface area contributed by atoms with Crippen LogP contribution in [0.15, 0.2) is 66.4 Å². The average molecular weight is 500 g/mol. The van der Waals surface area contributed by atoms with Gasteiger partial charge in [0.15, 0.2) is 0 Å². The zero-order valence-electron chi connectivity index (χ0n) is 18.1. The number of hydrogen-bond acceptors (Lipinski definition) is 5. The highest BCUT2D eigenvalue weighted by Gasteiger charge is 2.18. The van der Waals surface area contributed by atoms with Gasteiger partial charge in [0, 0.05) is 22.8 Å². The van der Waals surface area contributed by atoms with Crippen LogP contribution in [0.5, 0.6) is 5.75 Å². The van der Waals surface area contributed by atoms with E-state index in [0.717, 1.165) is 5.56 Å². The highest BCUT2D eigenvalue weighted by Crippen LogP contribution is 2.24. The van der Waals surface area contributed by atoms with Crippen molar-refractivity contribution >= 4 is 52.5 Å². The van der Waals surface area contributed by atoms with Gasteiger partial charge in [-0.05, 0) is 66.6 Å². The molecule has 0 spiro atoms. The molecule has 0 atom stereocenters. The van der Waals surface area contributed by atoms with Crippen LogP contribution in [0.25, 0.3) is 6.08 Å². The summed E-state index contributed by atoms with van der Waals surface area (Å²) >= 11 is 12.3. The Morgan fingerprint density at radius 2 is 1.71 bits per heavy atom. The number of halogens is 2. The zero-order valence-corrected chi connectivity index (χ0v) is 19.6. The molecule has 0 aliphatic rings. The highest BCUT2D eigenvalue weighted by molar-refractivity contribution is 6.34. The number of anilines is 1. The first-order valence-corrected chi connectivity index (χ1v) is 10.6. The molecule has 3 rings (SSSR count). The molecule has 2 N–H and O–H groups in total. The number of aryl methyl sites for hydroxylation is 1. The summed E-state index contributed by atoms with van der Waals surface area (Å²) in [5, 5.41) is 16.8. The topological polar surface area (TPSA) is 111 Å². The van der Waals surface area contributed by atoms with Gasteiger partial charge in [-0.2, -0.15) is 0 Å². The van der Waals surface area contributed by atoms with E-state index < -0.39 is 16.7 Å². The molecule has 0 aliphatic heterocycles. The van der Waals surface area contributed by atoms with Crippen LogP contribution in [-0.4, -0.2) is 23.8 Å². The number of carbonyl (C=O) groups is 2. The van der Waals surface area contributed by atoms with Crippen LogP contribution in [0.1, 0.15) is 21.5 Å². The number of nitro groups is 1. The number of benzene rings is 3. The smallest absolute Gasteiger partial charge is 0.272 e. The Bertz CT molecular complexity index is 1290. The number of methoxy groups -OCH3 is 1. The minimum atomic E-state index is -0.628. The Hall–Kier alpha value is -3.88. The Morgan fingerprint density at radius 1 is 1.00 bits per heavy atom. The largest absolute Gasteiger partial charge is 0.497 e. The lowest BCUT2D eigenvalue weighted by atomic mass is 10.1. The molecule has 0 saturated carbocycles. The normalized spacial score (nSPS) is 11.0. The van der Waals surface area contributed by atoms with Crippen molar-refractivity contribution in [2.75, 3.05) is 12.4 Å². The van der Waals surface area contributed by atoms with Crippen LogP contribution in [0.3, 0.4) is 0 Å². The van der Waals surface area contributed by atoms with E-state index in [9.17, 15) is 19.7 Å². The minimum absolute atomic E-state index is 0.105. The summed E-state index contributed by atoms with van der Waals surface area (Å²) in [5.74, 6) is -0.786. The van der Waals surface area contributed by atoms with Crippen LogP contribution in [0, 0.1) is 17.0 Å². The van der Waals surface area contributed by atoms with Crippen molar-refractivity contribution in [3.8, 4) is 5.75 Å². The van der Waals surface area contributed by atoms with Gasteiger partial charge < -0.3 is 15.4 Å². The number of hydrogen-bond donors (Lipinski definition) is 2. The summed E-state index contributed by atoms with van der Waals surface area (Å²) in [4.78, 5) is 36.3. The number of rotatable bonds is 7. The predicted octanol–water partition coefficient (Wildman–Crippen LogP) is 5.63.